The van der Waals surface area contributed by atoms with Gasteiger partial charge in [0, 0.05) is 6.04 Å². The Morgan fingerprint density at radius 3 is 2.47 bits per heavy atom. The van der Waals surface area contributed by atoms with Gasteiger partial charge >= 0.3 is 0 Å². The van der Waals surface area contributed by atoms with E-state index < -0.39 is 12.1 Å². The van der Waals surface area contributed by atoms with Gasteiger partial charge in [0.15, 0.2) is 0 Å². The molecule has 2 nitrogen and oxygen atoms in total. The van der Waals surface area contributed by atoms with E-state index in [-0.39, 0.29) is 5.82 Å². The van der Waals surface area contributed by atoms with Crippen LogP contribution in [0.5, 0.6) is 0 Å². The first kappa shape index (κ1) is 13.7. The highest BCUT2D eigenvalue weighted by Crippen LogP contribution is 2.20. The molecule has 0 radical (unpaired) electrons. The molecule has 2 aromatic rings. The maximum absolute atomic E-state index is 13.5. The van der Waals surface area contributed by atoms with Gasteiger partial charge in [-0.1, -0.05) is 42.5 Å². The Bertz CT molecular complexity index is 542. The third-order valence-corrected chi connectivity index (χ3v) is 3.26. The summed E-state index contributed by atoms with van der Waals surface area (Å²) in [6, 6.07) is 14.0. The Morgan fingerprint density at radius 2 is 1.84 bits per heavy atom. The first-order valence-corrected chi connectivity index (χ1v) is 6.31. The van der Waals surface area contributed by atoms with Gasteiger partial charge < -0.3 is 10.8 Å². The zero-order valence-electron chi connectivity index (χ0n) is 10.9. The lowest BCUT2D eigenvalue weighted by Crippen LogP contribution is -2.30. The molecule has 0 spiro atoms. The molecular formula is C16H18FNO. The zero-order valence-corrected chi connectivity index (χ0v) is 10.9. The minimum Gasteiger partial charge on any atom is -0.387 e. The topological polar surface area (TPSA) is 46.2 Å². The predicted octanol–water partition coefficient (Wildman–Crippen LogP) is 2.74. The van der Waals surface area contributed by atoms with Crippen LogP contribution in [0.4, 0.5) is 4.39 Å². The number of hydrogen-bond acceptors (Lipinski definition) is 2. The summed E-state index contributed by atoms with van der Waals surface area (Å²) in [7, 11) is 0. The molecule has 3 heteroatoms. The number of aliphatic hydroxyl groups is 1. The molecular weight excluding hydrogens is 241 g/mol. The van der Waals surface area contributed by atoms with E-state index in [0.717, 1.165) is 5.56 Å². The second kappa shape index (κ2) is 5.95. The Morgan fingerprint density at radius 1 is 1.16 bits per heavy atom. The standard InChI is InChI=1S/C16H18FNO/c1-11-7-8-13(10-14(11)17)16(19)15(18)9-12-5-3-2-4-6-12/h2-8,10,15-16,19H,9,18H2,1H3. The van der Waals surface area contributed by atoms with Crippen LogP contribution in [0.1, 0.15) is 22.8 Å². The van der Waals surface area contributed by atoms with Gasteiger partial charge in [0.2, 0.25) is 0 Å². The SMILES string of the molecule is Cc1ccc(C(O)C(N)Cc2ccccc2)cc1F. The van der Waals surface area contributed by atoms with E-state index in [1.165, 1.54) is 6.07 Å². The molecule has 0 fully saturated rings. The monoisotopic (exact) mass is 259 g/mol. The molecule has 2 atom stereocenters. The molecule has 0 aliphatic rings. The van der Waals surface area contributed by atoms with Gasteiger partial charge in [0.25, 0.3) is 0 Å². The number of aliphatic hydroxyl groups excluding tert-OH is 1. The van der Waals surface area contributed by atoms with Crippen molar-refractivity contribution in [1.82, 2.24) is 0 Å². The van der Waals surface area contributed by atoms with E-state index in [1.54, 1.807) is 19.1 Å². The minimum absolute atomic E-state index is 0.316. The molecule has 0 saturated heterocycles. The summed E-state index contributed by atoms with van der Waals surface area (Å²) in [5.74, 6) is -0.316. The van der Waals surface area contributed by atoms with E-state index in [2.05, 4.69) is 0 Å². The first-order valence-electron chi connectivity index (χ1n) is 6.31. The fraction of sp³-hybridized carbons (Fsp3) is 0.250. The van der Waals surface area contributed by atoms with Crippen molar-refractivity contribution in [2.45, 2.75) is 25.5 Å². The Labute approximate surface area is 112 Å². The van der Waals surface area contributed by atoms with E-state index in [1.807, 2.05) is 30.3 Å². The first-order chi connectivity index (χ1) is 9.08. The van der Waals surface area contributed by atoms with Gasteiger partial charge in [-0.2, -0.15) is 0 Å². The van der Waals surface area contributed by atoms with E-state index in [9.17, 15) is 9.50 Å². The molecule has 0 heterocycles. The second-order valence-electron chi connectivity index (χ2n) is 4.81. The van der Waals surface area contributed by atoms with E-state index in [4.69, 9.17) is 5.73 Å². The Kier molecular flexibility index (Phi) is 4.30. The number of aryl methyl sites for hydroxylation is 1. The van der Waals surface area contributed by atoms with Gasteiger partial charge in [-0.3, -0.25) is 0 Å². The fourth-order valence-corrected chi connectivity index (χ4v) is 2.04. The predicted molar refractivity (Wildman–Crippen MR) is 74.2 cm³/mol. The average molecular weight is 259 g/mol. The maximum atomic E-state index is 13.5. The minimum atomic E-state index is -0.865. The molecule has 100 valence electrons. The second-order valence-corrected chi connectivity index (χ2v) is 4.81. The van der Waals surface area contributed by atoms with Crippen LogP contribution in [-0.2, 0) is 6.42 Å². The highest BCUT2D eigenvalue weighted by molar-refractivity contribution is 5.26. The van der Waals surface area contributed by atoms with Crippen LogP contribution in [0.2, 0.25) is 0 Å². The molecule has 0 aliphatic heterocycles. The summed E-state index contributed by atoms with van der Waals surface area (Å²) in [5.41, 5.74) is 8.14. The molecule has 0 aromatic heterocycles. The van der Waals surface area contributed by atoms with Crippen molar-refractivity contribution < 1.29 is 9.50 Å². The molecule has 2 rings (SSSR count). The van der Waals surface area contributed by atoms with Crippen molar-refractivity contribution in [2.24, 2.45) is 5.73 Å². The summed E-state index contributed by atoms with van der Waals surface area (Å²) < 4.78 is 13.5. The lowest BCUT2D eigenvalue weighted by Gasteiger charge is -2.19. The van der Waals surface area contributed by atoms with Crippen molar-refractivity contribution in [3.05, 3.63) is 71.0 Å². The lowest BCUT2D eigenvalue weighted by molar-refractivity contribution is 0.145. The van der Waals surface area contributed by atoms with Crippen LogP contribution in [0.15, 0.2) is 48.5 Å². The average Bonchev–Trinajstić information content (AvgIpc) is 2.42. The molecule has 3 N–H and O–H groups in total. The van der Waals surface area contributed by atoms with Crippen LogP contribution < -0.4 is 5.73 Å². The molecule has 0 saturated carbocycles. The van der Waals surface area contributed by atoms with Crippen molar-refractivity contribution in [1.29, 1.82) is 0 Å². The number of benzene rings is 2. The van der Waals surface area contributed by atoms with E-state index in [0.29, 0.717) is 17.5 Å². The highest BCUT2D eigenvalue weighted by atomic mass is 19.1. The molecule has 2 unspecified atom stereocenters. The summed E-state index contributed by atoms with van der Waals surface area (Å²) in [4.78, 5) is 0. The quantitative estimate of drug-likeness (QED) is 0.887. The van der Waals surface area contributed by atoms with Gasteiger partial charge in [-0.15, -0.1) is 0 Å². The van der Waals surface area contributed by atoms with Crippen LogP contribution in [0.25, 0.3) is 0 Å². The lowest BCUT2D eigenvalue weighted by atomic mass is 9.96. The van der Waals surface area contributed by atoms with E-state index >= 15 is 0 Å². The number of hydrogen-bond donors (Lipinski definition) is 2. The maximum Gasteiger partial charge on any atom is 0.126 e. The molecule has 0 aliphatic carbocycles. The van der Waals surface area contributed by atoms with Gasteiger partial charge in [-0.05, 0) is 36.1 Å². The Hall–Kier alpha value is -1.71. The van der Waals surface area contributed by atoms with Crippen molar-refractivity contribution in [3.63, 3.8) is 0 Å². The molecule has 19 heavy (non-hydrogen) atoms. The summed E-state index contributed by atoms with van der Waals surface area (Å²) in [5, 5.41) is 10.2. The number of nitrogens with two attached hydrogens (primary N) is 1. The van der Waals surface area contributed by atoms with Crippen LogP contribution in [0, 0.1) is 12.7 Å². The van der Waals surface area contributed by atoms with Crippen molar-refractivity contribution in [3.8, 4) is 0 Å². The summed E-state index contributed by atoms with van der Waals surface area (Å²) >= 11 is 0. The van der Waals surface area contributed by atoms with Gasteiger partial charge in [0.1, 0.15) is 5.82 Å². The fourth-order valence-electron chi connectivity index (χ4n) is 2.04. The summed E-state index contributed by atoms with van der Waals surface area (Å²) in [6.45, 7) is 1.69. The smallest absolute Gasteiger partial charge is 0.126 e. The van der Waals surface area contributed by atoms with Crippen molar-refractivity contribution in [2.75, 3.05) is 0 Å². The molecule has 0 bridgehead atoms. The van der Waals surface area contributed by atoms with Gasteiger partial charge in [-0.25, -0.2) is 4.39 Å². The molecule has 2 aromatic carbocycles. The van der Waals surface area contributed by atoms with Crippen LogP contribution in [-0.4, -0.2) is 11.1 Å². The van der Waals surface area contributed by atoms with Crippen LogP contribution in [0.3, 0.4) is 0 Å². The Balaban J connectivity index is 2.10. The zero-order chi connectivity index (χ0) is 13.8. The molecule has 0 amide bonds. The highest BCUT2D eigenvalue weighted by Gasteiger charge is 2.18. The van der Waals surface area contributed by atoms with Gasteiger partial charge in [0.05, 0.1) is 6.10 Å². The van der Waals surface area contributed by atoms with Crippen LogP contribution >= 0.6 is 0 Å². The summed E-state index contributed by atoms with van der Waals surface area (Å²) in [6.07, 6.45) is -0.312. The normalized spacial score (nSPS) is 14.1. The third-order valence-electron chi connectivity index (χ3n) is 3.26. The largest absolute Gasteiger partial charge is 0.387 e. The number of rotatable bonds is 4. The third kappa shape index (κ3) is 3.40. The number of halogens is 1. The van der Waals surface area contributed by atoms with Crippen molar-refractivity contribution >= 4 is 0 Å².